The van der Waals surface area contributed by atoms with Crippen LogP contribution in [0.3, 0.4) is 0 Å². The summed E-state index contributed by atoms with van der Waals surface area (Å²) in [6, 6.07) is 0.0576. The second-order valence-electron chi connectivity index (χ2n) is 3.74. The van der Waals surface area contributed by atoms with Gasteiger partial charge in [0.15, 0.2) is 0 Å². The lowest BCUT2D eigenvalue weighted by atomic mass is 10.2. The highest BCUT2D eigenvalue weighted by Gasteiger charge is 2.20. The molecule has 92 valence electrons. The van der Waals surface area contributed by atoms with Crippen molar-refractivity contribution in [3.63, 3.8) is 0 Å². The molecule has 1 rings (SSSR count). The zero-order valence-electron chi connectivity index (χ0n) is 9.28. The summed E-state index contributed by atoms with van der Waals surface area (Å²) in [5.41, 5.74) is 0. The normalized spacial score (nSPS) is 19.3. The number of nitrogens with one attached hydrogen (secondary N) is 2. The van der Waals surface area contributed by atoms with E-state index in [1.54, 1.807) is 0 Å². The zero-order valence-corrected chi connectivity index (χ0v) is 10.9. The van der Waals surface area contributed by atoms with Crippen LogP contribution in [-0.2, 0) is 4.79 Å². The molecule has 0 aromatic rings. The number of carbonyl (C=O) groups excluding carboxylic acids is 1. The molecule has 0 aromatic heterocycles. The molecule has 1 fully saturated rings. The molecule has 0 radical (unpaired) electrons. The van der Waals surface area contributed by atoms with Crippen LogP contribution in [0.5, 0.6) is 0 Å². The first-order valence-electron chi connectivity index (χ1n) is 4.86. The van der Waals surface area contributed by atoms with Crippen molar-refractivity contribution in [3.05, 3.63) is 0 Å². The Balaban J connectivity index is 0. The summed E-state index contributed by atoms with van der Waals surface area (Å²) in [6.07, 6.45) is 2.10. The van der Waals surface area contributed by atoms with E-state index >= 15 is 0 Å². The lowest BCUT2D eigenvalue weighted by Crippen LogP contribution is -2.42. The predicted octanol–water partition coefficient (Wildman–Crippen LogP) is 0.260. The van der Waals surface area contributed by atoms with Crippen molar-refractivity contribution in [1.82, 2.24) is 15.5 Å². The molecule has 1 saturated heterocycles. The van der Waals surface area contributed by atoms with E-state index < -0.39 is 0 Å². The summed E-state index contributed by atoms with van der Waals surface area (Å²) >= 11 is 0. The molecule has 1 atom stereocenters. The molecule has 1 heterocycles. The van der Waals surface area contributed by atoms with Crippen LogP contribution in [0.4, 0.5) is 0 Å². The number of rotatable bonds is 4. The van der Waals surface area contributed by atoms with E-state index in [9.17, 15) is 4.79 Å². The maximum absolute atomic E-state index is 11.4. The van der Waals surface area contributed by atoms with E-state index in [-0.39, 0.29) is 36.8 Å². The summed E-state index contributed by atoms with van der Waals surface area (Å²) in [6.45, 7) is 2.62. The average Bonchev–Trinajstić information content (AvgIpc) is 2.55. The van der Waals surface area contributed by atoms with Gasteiger partial charge in [-0.3, -0.25) is 4.79 Å². The minimum atomic E-state index is 0. The van der Waals surface area contributed by atoms with E-state index in [0.717, 1.165) is 32.5 Å². The van der Waals surface area contributed by atoms with Crippen LogP contribution in [0.25, 0.3) is 0 Å². The first-order chi connectivity index (χ1) is 6.20. The smallest absolute Gasteiger partial charge is 0.237 e. The molecule has 6 heteroatoms. The van der Waals surface area contributed by atoms with Gasteiger partial charge in [0, 0.05) is 13.1 Å². The second kappa shape index (κ2) is 9.21. The molecule has 0 spiro atoms. The van der Waals surface area contributed by atoms with Gasteiger partial charge < -0.3 is 15.5 Å². The monoisotopic (exact) mass is 257 g/mol. The van der Waals surface area contributed by atoms with E-state index in [4.69, 9.17) is 0 Å². The molecular weight excluding hydrogens is 237 g/mol. The van der Waals surface area contributed by atoms with Gasteiger partial charge in [0.05, 0.1) is 6.04 Å². The van der Waals surface area contributed by atoms with Crippen LogP contribution in [0.15, 0.2) is 0 Å². The minimum absolute atomic E-state index is 0. The van der Waals surface area contributed by atoms with Crippen molar-refractivity contribution in [3.8, 4) is 0 Å². The van der Waals surface area contributed by atoms with Crippen molar-refractivity contribution in [2.24, 2.45) is 0 Å². The Bertz CT molecular complexity index is 173. The third-order valence-electron chi connectivity index (χ3n) is 2.24. The molecular formula is C9H21Cl2N3O. The van der Waals surface area contributed by atoms with Crippen LogP contribution in [-0.4, -0.2) is 50.6 Å². The summed E-state index contributed by atoms with van der Waals surface area (Å²) in [4.78, 5) is 13.5. The number of likely N-dealkylation sites (N-methyl/N-ethyl adjacent to an activating group) is 1. The SMILES string of the molecule is CN(C)CCNC(=O)C1CCCN1.Cl.Cl. The fourth-order valence-electron chi connectivity index (χ4n) is 1.43. The van der Waals surface area contributed by atoms with E-state index in [2.05, 4.69) is 15.5 Å². The molecule has 1 aliphatic rings. The number of carbonyl (C=O) groups is 1. The standard InChI is InChI=1S/C9H19N3O.2ClH/c1-12(2)7-6-11-9(13)8-4-3-5-10-8;;/h8,10H,3-7H2,1-2H3,(H,11,13);2*1H. The molecule has 1 aliphatic heterocycles. The Morgan fingerprint density at radius 3 is 2.60 bits per heavy atom. The molecule has 15 heavy (non-hydrogen) atoms. The van der Waals surface area contributed by atoms with Gasteiger partial charge in [0.2, 0.25) is 5.91 Å². The second-order valence-corrected chi connectivity index (χ2v) is 3.74. The van der Waals surface area contributed by atoms with Crippen molar-refractivity contribution >= 4 is 30.7 Å². The van der Waals surface area contributed by atoms with E-state index in [0.29, 0.717) is 0 Å². The van der Waals surface area contributed by atoms with Gasteiger partial charge in [-0.15, -0.1) is 24.8 Å². The van der Waals surface area contributed by atoms with Gasteiger partial charge in [0.1, 0.15) is 0 Å². The van der Waals surface area contributed by atoms with Crippen LogP contribution in [0, 0.1) is 0 Å². The summed E-state index contributed by atoms with van der Waals surface area (Å²) in [5.74, 6) is 0.152. The van der Waals surface area contributed by atoms with Crippen LogP contribution in [0.1, 0.15) is 12.8 Å². The van der Waals surface area contributed by atoms with E-state index in [1.807, 2.05) is 14.1 Å². The highest BCUT2D eigenvalue weighted by molar-refractivity contribution is 5.85. The number of nitrogens with zero attached hydrogens (tertiary/aromatic N) is 1. The number of hydrogen-bond acceptors (Lipinski definition) is 3. The molecule has 1 amide bonds. The molecule has 0 saturated carbocycles. The van der Waals surface area contributed by atoms with E-state index in [1.165, 1.54) is 0 Å². The average molecular weight is 258 g/mol. The van der Waals surface area contributed by atoms with Gasteiger partial charge in [0.25, 0.3) is 0 Å². The first kappa shape index (κ1) is 17.4. The van der Waals surface area contributed by atoms with Gasteiger partial charge in [-0.05, 0) is 33.5 Å². The molecule has 0 aliphatic carbocycles. The van der Waals surface area contributed by atoms with Crippen LogP contribution >= 0.6 is 24.8 Å². The largest absolute Gasteiger partial charge is 0.353 e. The third-order valence-corrected chi connectivity index (χ3v) is 2.24. The fraction of sp³-hybridized carbons (Fsp3) is 0.889. The molecule has 0 bridgehead atoms. The van der Waals surface area contributed by atoms with Crippen molar-refractivity contribution in [2.75, 3.05) is 33.7 Å². The predicted molar refractivity (Wildman–Crippen MR) is 67.1 cm³/mol. The van der Waals surface area contributed by atoms with Crippen LogP contribution < -0.4 is 10.6 Å². The van der Waals surface area contributed by atoms with Crippen LogP contribution in [0.2, 0.25) is 0 Å². The third kappa shape index (κ3) is 6.95. The highest BCUT2D eigenvalue weighted by atomic mass is 35.5. The van der Waals surface area contributed by atoms with Crippen molar-refractivity contribution in [2.45, 2.75) is 18.9 Å². The quantitative estimate of drug-likeness (QED) is 0.760. The first-order valence-corrected chi connectivity index (χ1v) is 4.86. The van der Waals surface area contributed by atoms with Crippen molar-refractivity contribution in [1.29, 1.82) is 0 Å². The maximum atomic E-state index is 11.4. The number of halogens is 2. The lowest BCUT2D eigenvalue weighted by molar-refractivity contribution is -0.122. The maximum Gasteiger partial charge on any atom is 0.237 e. The Morgan fingerprint density at radius 1 is 1.47 bits per heavy atom. The Morgan fingerprint density at radius 2 is 2.13 bits per heavy atom. The van der Waals surface area contributed by atoms with Gasteiger partial charge >= 0.3 is 0 Å². The minimum Gasteiger partial charge on any atom is -0.353 e. The summed E-state index contributed by atoms with van der Waals surface area (Å²) in [7, 11) is 4.00. The Hall–Kier alpha value is -0.0300. The topological polar surface area (TPSA) is 44.4 Å². The number of amides is 1. The number of hydrogen-bond donors (Lipinski definition) is 2. The van der Waals surface area contributed by atoms with Crippen molar-refractivity contribution < 1.29 is 4.79 Å². The fourth-order valence-corrected chi connectivity index (χ4v) is 1.43. The van der Waals surface area contributed by atoms with Gasteiger partial charge in [-0.1, -0.05) is 0 Å². The Labute approximate surface area is 104 Å². The molecule has 1 unspecified atom stereocenters. The molecule has 0 aromatic carbocycles. The lowest BCUT2D eigenvalue weighted by Gasteiger charge is -2.13. The van der Waals surface area contributed by atoms with Gasteiger partial charge in [-0.25, -0.2) is 0 Å². The Kier molecular flexibility index (Phi) is 10.7. The van der Waals surface area contributed by atoms with Gasteiger partial charge in [-0.2, -0.15) is 0 Å². The summed E-state index contributed by atoms with van der Waals surface area (Å²) < 4.78 is 0. The molecule has 4 nitrogen and oxygen atoms in total. The summed E-state index contributed by atoms with van der Waals surface area (Å²) in [5, 5.41) is 6.08. The molecule has 2 N–H and O–H groups in total. The zero-order chi connectivity index (χ0) is 9.68. The highest BCUT2D eigenvalue weighted by Crippen LogP contribution is 2.03.